The Bertz CT molecular complexity index is 1210. The van der Waals surface area contributed by atoms with E-state index < -0.39 is 0 Å². The van der Waals surface area contributed by atoms with Gasteiger partial charge in [0.1, 0.15) is 0 Å². The molecule has 242 valence electrons. The standard InChI is InChI=1S/C29H36N4O3.C4H8.2C2H6/c1-6-15-31(8-3)29(35)25-12-9-23(10-13-25)18-33-27-16-24(17-30-36)11-14-26(27)19-32(20-28(33)34)22(5)21(4)7-2;1-3-4-2;2*1-2/h7,9-14,16-17,21,36H,2,5-6,8,15,18-20H2,1,3-4H3;3-4H,1-2H3;2*1-2H3/b30-17+;4-3+;;. The minimum atomic E-state index is -0.0653. The Hall–Kier alpha value is -4.13. The molecule has 0 aromatic heterocycles. The van der Waals surface area contributed by atoms with Crippen molar-refractivity contribution in [3.05, 3.63) is 102 Å². The molecule has 0 spiro atoms. The summed E-state index contributed by atoms with van der Waals surface area (Å²) in [4.78, 5) is 31.9. The summed E-state index contributed by atoms with van der Waals surface area (Å²) in [5, 5.41) is 12.2. The molecule has 2 amide bonds. The molecule has 1 heterocycles. The van der Waals surface area contributed by atoms with Crippen LogP contribution in [0.4, 0.5) is 5.69 Å². The summed E-state index contributed by atoms with van der Waals surface area (Å²) in [6.45, 7) is 28.6. The SMILES string of the molecule is C/C=C/C.C=CC(C)C(=C)N1CC(=O)N(Cc2ccc(C(=O)N(CC)CCC)cc2)c2cc(/C=N/O)ccc2C1.CC.CC. The second-order valence-corrected chi connectivity index (χ2v) is 9.73. The highest BCUT2D eigenvalue weighted by atomic mass is 16.4. The largest absolute Gasteiger partial charge is 0.411 e. The van der Waals surface area contributed by atoms with Crippen LogP contribution in [-0.4, -0.2) is 52.7 Å². The minimum Gasteiger partial charge on any atom is -0.411 e. The van der Waals surface area contributed by atoms with Crippen LogP contribution < -0.4 is 4.90 Å². The second kappa shape index (κ2) is 22.4. The molecule has 7 heteroatoms. The number of anilines is 1. The van der Waals surface area contributed by atoms with Crippen molar-refractivity contribution in [2.45, 2.75) is 81.8 Å². The van der Waals surface area contributed by atoms with Crippen LogP contribution in [0.2, 0.25) is 0 Å². The molecule has 7 nitrogen and oxygen atoms in total. The highest BCUT2D eigenvalue weighted by molar-refractivity contribution is 5.97. The summed E-state index contributed by atoms with van der Waals surface area (Å²) in [5.74, 6) is -0.0147. The van der Waals surface area contributed by atoms with Crippen molar-refractivity contribution < 1.29 is 14.8 Å². The monoisotopic (exact) mass is 604 g/mol. The van der Waals surface area contributed by atoms with Gasteiger partial charge in [-0.25, -0.2) is 0 Å². The quantitative estimate of drug-likeness (QED) is 0.127. The van der Waals surface area contributed by atoms with Gasteiger partial charge >= 0.3 is 0 Å². The highest BCUT2D eigenvalue weighted by Crippen LogP contribution is 2.31. The maximum absolute atomic E-state index is 13.5. The maximum Gasteiger partial charge on any atom is 0.253 e. The average Bonchev–Trinajstić information content (AvgIpc) is 3.20. The molecule has 1 atom stereocenters. The Morgan fingerprint density at radius 1 is 1.05 bits per heavy atom. The molecule has 0 bridgehead atoms. The molecule has 0 saturated heterocycles. The normalized spacial score (nSPS) is 12.9. The van der Waals surface area contributed by atoms with E-state index >= 15 is 0 Å². The topological polar surface area (TPSA) is 76.5 Å². The number of amides is 2. The van der Waals surface area contributed by atoms with Crippen LogP contribution in [0, 0.1) is 5.92 Å². The second-order valence-electron chi connectivity index (χ2n) is 9.73. The molecule has 3 rings (SSSR count). The van der Waals surface area contributed by atoms with E-state index in [0.717, 1.165) is 35.5 Å². The van der Waals surface area contributed by atoms with Crippen molar-refractivity contribution in [1.82, 2.24) is 9.80 Å². The van der Waals surface area contributed by atoms with Gasteiger partial charge in [-0.3, -0.25) is 9.59 Å². The molecule has 1 aliphatic rings. The summed E-state index contributed by atoms with van der Waals surface area (Å²) < 4.78 is 0. The van der Waals surface area contributed by atoms with Crippen LogP contribution in [-0.2, 0) is 17.9 Å². The lowest BCUT2D eigenvalue weighted by Crippen LogP contribution is -2.37. The zero-order valence-electron chi connectivity index (χ0n) is 28.6. The molecule has 1 aliphatic heterocycles. The fraction of sp³-hybridized carbons (Fsp3) is 0.432. The van der Waals surface area contributed by atoms with Crippen molar-refractivity contribution >= 4 is 23.7 Å². The number of hydrogen-bond acceptors (Lipinski definition) is 5. The maximum atomic E-state index is 13.5. The van der Waals surface area contributed by atoms with E-state index in [4.69, 9.17) is 5.21 Å². The van der Waals surface area contributed by atoms with Crippen LogP contribution in [0.25, 0.3) is 0 Å². The number of nitrogens with zero attached hydrogens (tertiary/aromatic N) is 4. The summed E-state index contributed by atoms with van der Waals surface area (Å²) >= 11 is 0. The summed E-state index contributed by atoms with van der Waals surface area (Å²) in [7, 11) is 0. The van der Waals surface area contributed by atoms with Crippen LogP contribution in [0.1, 0.15) is 95.8 Å². The van der Waals surface area contributed by atoms with Crippen LogP contribution in [0.3, 0.4) is 0 Å². The van der Waals surface area contributed by atoms with Gasteiger partial charge in [0.25, 0.3) is 5.91 Å². The summed E-state index contributed by atoms with van der Waals surface area (Å²) in [6.07, 6.45) is 8.08. The van der Waals surface area contributed by atoms with Crippen LogP contribution in [0.5, 0.6) is 0 Å². The molecule has 0 radical (unpaired) electrons. The molecule has 2 aromatic carbocycles. The van der Waals surface area contributed by atoms with E-state index in [-0.39, 0.29) is 24.3 Å². The van der Waals surface area contributed by atoms with Crippen molar-refractivity contribution in [2.75, 3.05) is 24.5 Å². The van der Waals surface area contributed by atoms with Crippen molar-refractivity contribution in [2.24, 2.45) is 11.1 Å². The molecule has 1 N–H and O–H groups in total. The van der Waals surface area contributed by atoms with Crippen LogP contribution >= 0.6 is 0 Å². The third-order valence-electron chi connectivity index (χ3n) is 6.92. The molecule has 44 heavy (non-hydrogen) atoms. The number of hydrogen-bond donors (Lipinski definition) is 1. The molecule has 0 fully saturated rings. The number of carbonyl (C=O) groups is 2. The molecule has 0 saturated carbocycles. The number of carbonyl (C=O) groups excluding carboxylic acids is 2. The first kappa shape index (κ1) is 39.9. The Kier molecular flexibility index (Phi) is 20.3. The van der Waals surface area contributed by atoms with E-state index in [1.165, 1.54) is 6.21 Å². The Morgan fingerprint density at radius 3 is 2.16 bits per heavy atom. The van der Waals surface area contributed by atoms with Gasteiger partial charge in [0.2, 0.25) is 5.91 Å². The fourth-order valence-corrected chi connectivity index (χ4v) is 4.35. The first-order valence-corrected chi connectivity index (χ1v) is 15.9. The molecular formula is C37H56N4O3. The predicted octanol–water partition coefficient (Wildman–Crippen LogP) is 8.69. The zero-order valence-corrected chi connectivity index (χ0v) is 28.6. The fourth-order valence-electron chi connectivity index (χ4n) is 4.35. The molecule has 2 aromatic rings. The number of benzene rings is 2. The van der Waals surface area contributed by atoms with Crippen molar-refractivity contribution in [3.63, 3.8) is 0 Å². The van der Waals surface area contributed by atoms with E-state index in [0.29, 0.717) is 30.8 Å². The number of oxime groups is 1. The lowest BCUT2D eigenvalue weighted by Gasteiger charge is -2.27. The lowest BCUT2D eigenvalue weighted by molar-refractivity contribution is -0.119. The minimum absolute atomic E-state index is 0.0144. The van der Waals surface area contributed by atoms with Gasteiger partial charge in [-0.15, -0.1) is 6.58 Å². The summed E-state index contributed by atoms with van der Waals surface area (Å²) in [5.41, 5.74) is 4.81. The van der Waals surface area contributed by atoms with E-state index in [1.807, 2.05) is 126 Å². The number of fused-ring (bicyclic) bond motifs is 1. The van der Waals surface area contributed by atoms with Crippen molar-refractivity contribution in [3.8, 4) is 0 Å². The van der Waals surface area contributed by atoms with Gasteiger partial charge in [0, 0.05) is 42.5 Å². The van der Waals surface area contributed by atoms with Gasteiger partial charge in [-0.2, -0.15) is 0 Å². The van der Waals surface area contributed by atoms with Gasteiger partial charge in [0.05, 0.1) is 19.3 Å². The van der Waals surface area contributed by atoms with E-state index in [1.54, 1.807) is 4.90 Å². The first-order valence-electron chi connectivity index (χ1n) is 15.9. The Balaban J connectivity index is 0.00000210. The van der Waals surface area contributed by atoms with Gasteiger partial charge in [0.15, 0.2) is 0 Å². The zero-order chi connectivity index (χ0) is 33.7. The highest BCUT2D eigenvalue weighted by Gasteiger charge is 2.28. The lowest BCUT2D eigenvalue weighted by atomic mass is 10.1. The van der Waals surface area contributed by atoms with Gasteiger partial charge in [-0.05, 0) is 62.1 Å². The number of allylic oxidation sites excluding steroid dienone is 3. The Labute approximate surface area is 267 Å². The predicted molar refractivity (Wildman–Crippen MR) is 187 cm³/mol. The third-order valence-corrected chi connectivity index (χ3v) is 6.92. The first-order chi connectivity index (χ1) is 21.2. The van der Waals surface area contributed by atoms with E-state index in [9.17, 15) is 9.59 Å². The molecular weight excluding hydrogens is 548 g/mol. The summed E-state index contributed by atoms with van der Waals surface area (Å²) in [6, 6.07) is 13.1. The molecule has 1 unspecified atom stereocenters. The Morgan fingerprint density at radius 2 is 1.66 bits per heavy atom. The van der Waals surface area contributed by atoms with E-state index in [2.05, 4.69) is 25.2 Å². The third kappa shape index (κ3) is 11.9. The average molecular weight is 605 g/mol. The van der Waals surface area contributed by atoms with Gasteiger partial charge < -0.3 is 19.9 Å². The van der Waals surface area contributed by atoms with Crippen molar-refractivity contribution in [1.29, 1.82) is 0 Å². The smallest absolute Gasteiger partial charge is 0.253 e. The number of rotatable bonds is 10. The molecule has 0 aliphatic carbocycles. The van der Waals surface area contributed by atoms with Crippen LogP contribution in [0.15, 0.2) is 84.7 Å². The van der Waals surface area contributed by atoms with Gasteiger partial charge in [-0.1, -0.05) is 95.8 Å².